The summed E-state index contributed by atoms with van der Waals surface area (Å²) in [4.78, 5) is 13.2. The highest BCUT2D eigenvalue weighted by atomic mass is 32.2. The van der Waals surface area contributed by atoms with Gasteiger partial charge in [0.25, 0.3) is 5.91 Å². The largest absolute Gasteiger partial charge is 0.381 e. The average molecular weight is 469 g/mol. The minimum Gasteiger partial charge on any atom is -0.381 e. The van der Waals surface area contributed by atoms with Crippen LogP contribution in [0.4, 0.5) is 4.39 Å². The Morgan fingerprint density at radius 1 is 1.23 bits per heavy atom. The van der Waals surface area contributed by atoms with Crippen LogP contribution in [0.5, 0.6) is 0 Å². The Labute approximate surface area is 184 Å². The molecular weight excluding hydrogens is 443 g/mol. The maximum atomic E-state index is 14.7. The number of rotatable bonds is 5. The van der Waals surface area contributed by atoms with E-state index in [9.17, 15) is 17.6 Å². The van der Waals surface area contributed by atoms with Gasteiger partial charge in [0.05, 0.1) is 0 Å². The number of carbonyl (C=O) groups excluding carboxylic acids is 1. The first kappa shape index (κ1) is 22.3. The highest BCUT2D eigenvalue weighted by Crippen LogP contribution is 2.38. The molecule has 0 spiro atoms. The van der Waals surface area contributed by atoms with Gasteiger partial charge in [-0.05, 0) is 41.8 Å². The summed E-state index contributed by atoms with van der Waals surface area (Å²) >= 11 is 1.48. The van der Waals surface area contributed by atoms with Crippen molar-refractivity contribution < 1.29 is 27.5 Å². The molecule has 2 aromatic rings. The number of nitrogens with zero attached hydrogens (tertiary/aromatic N) is 1. The zero-order valence-electron chi connectivity index (χ0n) is 16.9. The van der Waals surface area contributed by atoms with Gasteiger partial charge in [0.1, 0.15) is 5.82 Å². The highest BCUT2D eigenvalue weighted by molar-refractivity contribution is 7.91. The number of thiophene rings is 1. The van der Waals surface area contributed by atoms with Crippen molar-refractivity contribution in [2.24, 2.45) is 0 Å². The molecule has 0 saturated carbocycles. The van der Waals surface area contributed by atoms with Crippen LogP contribution in [0, 0.1) is 5.82 Å². The van der Waals surface area contributed by atoms with Crippen molar-refractivity contribution in [3.8, 4) is 10.4 Å². The second kappa shape index (κ2) is 8.95. The van der Waals surface area contributed by atoms with Gasteiger partial charge in [-0.1, -0.05) is 18.2 Å². The van der Waals surface area contributed by atoms with Gasteiger partial charge in [-0.15, -0.1) is 11.3 Å². The Morgan fingerprint density at radius 3 is 2.52 bits per heavy atom. The second-order valence-electron chi connectivity index (χ2n) is 7.94. The Balaban J connectivity index is 1.49. The van der Waals surface area contributed by atoms with Crippen molar-refractivity contribution >= 4 is 27.3 Å². The summed E-state index contributed by atoms with van der Waals surface area (Å²) in [6.07, 6.45) is 1.06. The van der Waals surface area contributed by atoms with Gasteiger partial charge < -0.3 is 4.74 Å². The number of benzene rings is 1. The van der Waals surface area contributed by atoms with Gasteiger partial charge in [-0.3, -0.25) is 10.0 Å². The summed E-state index contributed by atoms with van der Waals surface area (Å²) in [5.74, 6) is -1.16. The Morgan fingerprint density at radius 2 is 1.94 bits per heavy atom. The number of nitrogens with one attached hydrogen (secondary N) is 1. The van der Waals surface area contributed by atoms with Crippen LogP contribution in [0.1, 0.15) is 37.2 Å². The maximum Gasteiger partial charge on any atom is 0.266 e. The first-order chi connectivity index (χ1) is 14.9. The van der Waals surface area contributed by atoms with E-state index in [1.54, 1.807) is 12.1 Å². The van der Waals surface area contributed by atoms with Gasteiger partial charge >= 0.3 is 0 Å². The molecule has 1 aromatic carbocycles. The SMILES string of the molecule is O=C(NO)C1(S(=O)(=O)N2CCC(c3ccc(-c4cccs4)c(F)c3)CC2)CCOCC1. The molecule has 31 heavy (non-hydrogen) atoms. The molecule has 0 unspecified atom stereocenters. The van der Waals surface area contributed by atoms with Crippen LogP contribution >= 0.6 is 11.3 Å². The number of carbonyl (C=O) groups is 1. The molecule has 2 aliphatic heterocycles. The molecule has 7 nitrogen and oxygen atoms in total. The van der Waals surface area contributed by atoms with Gasteiger partial charge in [-0.2, -0.15) is 0 Å². The fourth-order valence-corrected chi connectivity index (χ4v) is 7.40. The van der Waals surface area contributed by atoms with Crippen molar-refractivity contribution in [1.82, 2.24) is 9.79 Å². The van der Waals surface area contributed by atoms with Gasteiger partial charge in [0, 0.05) is 49.6 Å². The maximum absolute atomic E-state index is 14.7. The molecule has 4 rings (SSSR count). The lowest BCUT2D eigenvalue weighted by atomic mass is 9.89. The van der Waals surface area contributed by atoms with Crippen molar-refractivity contribution in [2.45, 2.75) is 36.3 Å². The van der Waals surface area contributed by atoms with Crippen molar-refractivity contribution in [3.63, 3.8) is 0 Å². The van der Waals surface area contributed by atoms with Crippen LogP contribution in [0.15, 0.2) is 35.7 Å². The molecule has 2 fully saturated rings. The summed E-state index contributed by atoms with van der Waals surface area (Å²) in [7, 11) is -4.00. The Hall–Kier alpha value is -1.85. The van der Waals surface area contributed by atoms with E-state index in [-0.39, 0.29) is 50.9 Å². The van der Waals surface area contributed by atoms with Crippen molar-refractivity contribution in [1.29, 1.82) is 0 Å². The predicted octanol–water partition coefficient (Wildman–Crippen LogP) is 3.12. The molecule has 10 heteroatoms. The zero-order valence-corrected chi connectivity index (χ0v) is 18.6. The van der Waals surface area contributed by atoms with Crippen LogP contribution < -0.4 is 5.48 Å². The third-order valence-corrected chi connectivity index (χ3v) is 9.88. The van der Waals surface area contributed by atoms with E-state index < -0.39 is 20.7 Å². The monoisotopic (exact) mass is 468 g/mol. The van der Waals surface area contributed by atoms with E-state index in [1.807, 2.05) is 23.6 Å². The van der Waals surface area contributed by atoms with E-state index in [0.717, 1.165) is 10.4 Å². The number of hydroxylamine groups is 1. The molecule has 2 N–H and O–H groups in total. The van der Waals surface area contributed by atoms with Crippen LogP contribution in [0.2, 0.25) is 0 Å². The Kier molecular flexibility index (Phi) is 6.45. The lowest BCUT2D eigenvalue weighted by molar-refractivity contribution is -0.134. The molecule has 1 aromatic heterocycles. The fourth-order valence-electron chi connectivity index (χ4n) is 4.50. The summed E-state index contributed by atoms with van der Waals surface area (Å²) < 4.78 is 46.3. The van der Waals surface area contributed by atoms with Crippen LogP contribution in [0.25, 0.3) is 10.4 Å². The quantitative estimate of drug-likeness (QED) is 0.519. The van der Waals surface area contributed by atoms with E-state index in [2.05, 4.69) is 0 Å². The lowest BCUT2D eigenvalue weighted by Gasteiger charge is -2.40. The number of piperidine rings is 1. The number of hydrogen-bond acceptors (Lipinski definition) is 6. The average Bonchev–Trinajstić information content (AvgIpc) is 3.33. The third-order valence-electron chi connectivity index (χ3n) is 6.35. The molecule has 0 bridgehead atoms. The van der Waals surface area contributed by atoms with Gasteiger partial charge in [0.2, 0.25) is 10.0 Å². The summed E-state index contributed by atoms with van der Waals surface area (Å²) in [6, 6.07) is 8.99. The molecule has 2 aliphatic rings. The van der Waals surface area contributed by atoms with Crippen molar-refractivity contribution in [2.75, 3.05) is 26.3 Å². The molecule has 1 amide bonds. The van der Waals surface area contributed by atoms with E-state index in [0.29, 0.717) is 18.4 Å². The topological polar surface area (TPSA) is 95.9 Å². The van der Waals surface area contributed by atoms with Gasteiger partial charge in [-0.25, -0.2) is 22.6 Å². The predicted molar refractivity (Wildman–Crippen MR) is 115 cm³/mol. The molecule has 3 heterocycles. The van der Waals surface area contributed by atoms with E-state index >= 15 is 0 Å². The number of sulfonamides is 1. The molecule has 2 saturated heterocycles. The van der Waals surface area contributed by atoms with Crippen LogP contribution in [0.3, 0.4) is 0 Å². The number of ether oxygens (including phenoxy) is 1. The van der Waals surface area contributed by atoms with E-state index in [1.165, 1.54) is 21.1 Å². The van der Waals surface area contributed by atoms with Crippen LogP contribution in [-0.4, -0.2) is 54.9 Å². The molecule has 168 valence electrons. The second-order valence-corrected chi connectivity index (χ2v) is 11.1. The summed E-state index contributed by atoms with van der Waals surface area (Å²) in [6.45, 7) is 0.753. The minimum atomic E-state index is -4.00. The standard InChI is InChI=1S/C21H25FN2O5S2/c22-18-14-16(3-4-17(18)19-2-1-13-30-19)15-5-9-24(10-6-15)31(27,28)21(20(25)23-26)7-11-29-12-8-21/h1-4,13-15,26H,5-12H2,(H,23,25). The van der Waals surface area contributed by atoms with Crippen LogP contribution in [-0.2, 0) is 19.6 Å². The summed E-state index contributed by atoms with van der Waals surface area (Å²) in [5.41, 5.74) is 2.95. The first-order valence-corrected chi connectivity index (χ1v) is 12.6. The first-order valence-electron chi connectivity index (χ1n) is 10.2. The molecular formula is C21H25FN2O5S2. The molecule has 0 radical (unpaired) electrons. The summed E-state index contributed by atoms with van der Waals surface area (Å²) in [5, 5.41) is 11.1. The third kappa shape index (κ3) is 4.03. The smallest absolute Gasteiger partial charge is 0.266 e. The van der Waals surface area contributed by atoms with Crippen molar-refractivity contribution in [3.05, 3.63) is 47.1 Å². The zero-order chi connectivity index (χ0) is 22.1. The lowest BCUT2D eigenvalue weighted by Crippen LogP contribution is -2.60. The Bertz CT molecular complexity index is 1030. The minimum absolute atomic E-state index is 0.00293. The number of hydrogen-bond donors (Lipinski definition) is 2. The number of amides is 1. The highest BCUT2D eigenvalue weighted by Gasteiger charge is 2.54. The van der Waals surface area contributed by atoms with E-state index in [4.69, 9.17) is 9.94 Å². The van der Waals surface area contributed by atoms with Gasteiger partial charge in [0.15, 0.2) is 4.75 Å². The fraction of sp³-hybridized carbons (Fsp3) is 0.476. The molecule has 0 atom stereocenters. The molecule has 0 aliphatic carbocycles. The normalized spacial score (nSPS) is 20.5. The number of halogens is 1.